The molecule has 3 aliphatic carbocycles. The van der Waals surface area contributed by atoms with Crippen molar-refractivity contribution in [2.24, 2.45) is 11.8 Å². The average molecular weight is 326 g/mol. The molecule has 2 N–H and O–H groups in total. The fraction of sp³-hybridized carbons (Fsp3) is 0.471. The number of nitrogens with zero attached hydrogens (tertiary/aromatic N) is 2. The molecule has 6 heteroatoms. The van der Waals surface area contributed by atoms with E-state index >= 15 is 0 Å². The monoisotopic (exact) mass is 326 g/mol. The summed E-state index contributed by atoms with van der Waals surface area (Å²) in [6.07, 6.45) is 6.25. The molecular formula is C17H18N4OS. The molecule has 4 fully saturated rings. The quantitative estimate of drug-likeness (QED) is 0.840. The average Bonchev–Trinajstić information content (AvgIpc) is 3.20. The van der Waals surface area contributed by atoms with Crippen LogP contribution in [-0.4, -0.2) is 5.72 Å². The lowest BCUT2D eigenvalue weighted by Crippen LogP contribution is -2.57. The molecule has 5 nitrogen and oxygen atoms in total. The van der Waals surface area contributed by atoms with Gasteiger partial charge in [-0.05, 0) is 55.5 Å². The van der Waals surface area contributed by atoms with Crippen LogP contribution in [0.1, 0.15) is 37.7 Å². The van der Waals surface area contributed by atoms with E-state index in [1.165, 1.54) is 25.7 Å². The van der Waals surface area contributed by atoms with Gasteiger partial charge in [0.15, 0.2) is 5.72 Å². The summed E-state index contributed by atoms with van der Waals surface area (Å²) < 4.78 is 1.03. The van der Waals surface area contributed by atoms with Crippen LogP contribution in [0.25, 0.3) is 10.1 Å². The van der Waals surface area contributed by atoms with Gasteiger partial charge in [0.2, 0.25) is 0 Å². The predicted molar refractivity (Wildman–Crippen MR) is 89.2 cm³/mol. The van der Waals surface area contributed by atoms with Crippen LogP contribution in [0.4, 0.5) is 5.00 Å². The zero-order valence-electron chi connectivity index (χ0n) is 12.7. The van der Waals surface area contributed by atoms with Gasteiger partial charge in [0, 0.05) is 5.92 Å². The van der Waals surface area contributed by atoms with Crippen LogP contribution >= 0.6 is 11.3 Å². The summed E-state index contributed by atoms with van der Waals surface area (Å²) in [6.45, 7) is 0. The largest absolute Gasteiger partial charge is 0.257 e. The van der Waals surface area contributed by atoms with E-state index in [1.54, 1.807) is 11.3 Å². The topological polar surface area (TPSA) is 60.3 Å². The van der Waals surface area contributed by atoms with Gasteiger partial charge in [-0.2, -0.15) is 10.7 Å². The molecule has 3 saturated carbocycles. The summed E-state index contributed by atoms with van der Waals surface area (Å²) in [6, 6.07) is 10.2. The second-order valence-electron chi connectivity index (χ2n) is 6.87. The van der Waals surface area contributed by atoms with Crippen molar-refractivity contribution in [1.29, 1.82) is 5.26 Å². The first-order chi connectivity index (χ1) is 11.3. The van der Waals surface area contributed by atoms with Gasteiger partial charge in [-0.3, -0.25) is 4.84 Å². The van der Waals surface area contributed by atoms with Crippen molar-refractivity contribution in [1.82, 2.24) is 11.0 Å². The van der Waals surface area contributed by atoms with Crippen molar-refractivity contribution in [2.75, 3.05) is 5.12 Å². The van der Waals surface area contributed by atoms with Gasteiger partial charge < -0.3 is 0 Å². The molecule has 1 aromatic heterocycles. The van der Waals surface area contributed by atoms with E-state index in [0.717, 1.165) is 33.0 Å². The van der Waals surface area contributed by atoms with Gasteiger partial charge in [0.05, 0.1) is 10.3 Å². The summed E-state index contributed by atoms with van der Waals surface area (Å²) in [5, 5.41) is 13.3. The fourth-order valence-electron chi connectivity index (χ4n) is 4.40. The normalized spacial score (nSPS) is 32.7. The Labute approximate surface area is 138 Å². The van der Waals surface area contributed by atoms with Crippen molar-refractivity contribution < 1.29 is 4.84 Å². The molecule has 118 valence electrons. The van der Waals surface area contributed by atoms with Crippen molar-refractivity contribution >= 4 is 26.4 Å². The Hall–Kier alpha value is -1.65. The maximum atomic E-state index is 9.27. The van der Waals surface area contributed by atoms with Crippen LogP contribution in [0.5, 0.6) is 0 Å². The molecule has 4 aliphatic rings. The zero-order chi connectivity index (χ0) is 15.4. The molecule has 6 rings (SSSR count). The highest BCUT2D eigenvalue weighted by Crippen LogP contribution is 2.49. The molecule has 1 spiro atoms. The lowest BCUT2D eigenvalue weighted by molar-refractivity contribution is -0.153. The summed E-state index contributed by atoms with van der Waals surface area (Å²) in [5.74, 6) is 1.36. The highest BCUT2D eigenvalue weighted by Gasteiger charge is 2.53. The maximum absolute atomic E-state index is 9.27. The first-order valence-corrected chi connectivity index (χ1v) is 9.03. The summed E-state index contributed by atoms with van der Waals surface area (Å²) >= 11 is 1.61. The standard InChI is InChI=1S/C17H18N4OS/c18-10-13-3-1-2-12-8-15(23-16(12)13)21-19-17(22-20-21)9-11-4-6-14(17)7-5-11/h1-3,8,11,14,19-20H,4-7,9H2/t11?,14?,17-/m1/s1. The third-order valence-corrected chi connectivity index (χ3v) is 6.76. The number of hydrogen-bond donors (Lipinski definition) is 2. The Morgan fingerprint density at radius 1 is 1.30 bits per heavy atom. The van der Waals surface area contributed by atoms with Gasteiger partial charge in [0.25, 0.3) is 0 Å². The molecule has 2 heterocycles. The minimum atomic E-state index is -0.255. The van der Waals surface area contributed by atoms with Crippen LogP contribution in [0.3, 0.4) is 0 Å². The Morgan fingerprint density at radius 2 is 2.17 bits per heavy atom. The second kappa shape index (κ2) is 4.92. The predicted octanol–water partition coefficient (Wildman–Crippen LogP) is 3.44. The number of hydrazine groups is 2. The maximum Gasteiger partial charge on any atom is 0.163 e. The number of fused-ring (bicyclic) bond motifs is 3. The third kappa shape index (κ3) is 2.01. The molecule has 1 atom stereocenters. The molecule has 23 heavy (non-hydrogen) atoms. The Balaban J connectivity index is 1.47. The van der Waals surface area contributed by atoms with Crippen LogP contribution < -0.4 is 16.1 Å². The summed E-state index contributed by atoms with van der Waals surface area (Å²) in [4.78, 5) is 6.04. The number of anilines is 1. The lowest BCUT2D eigenvalue weighted by atomic mass is 9.66. The number of rotatable bonds is 1. The summed E-state index contributed by atoms with van der Waals surface area (Å²) in [7, 11) is 0. The molecule has 1 aromatic carbocycles. The van der Waals surface area contributed by atoms with E-state index in [-0.39, 0.29) is 5.72 Å². The van der Waals surface area contributed by atoms with E-state index in [2.05, 4.69) is 23.2 Å². The first kappa shape index (κ1) is 13.8. The highest BCUT2D eigenvalue weighted by molar-refractivity contribution is 7.23. The minimum absolute atomic E-state index is 0.255. The third-order valence-electron chi connectivity index (χ3n) is 5.59. The number of nitrogens with one attached hydrogen (secondary N) is 2. The zero-order valence-corrected chi connectivity index (χ0v) is 13.5. The molecule has 1 aliphatic heterocycles. The number of hydrogen-bond acceptors (Lipinski definition) is 6. The van der Waals surface area contributed by atoms with Crippen LogP contribution in [0.15, 0.2) is 24.3 Å². The van der Waals surface area contributed by atoms with Crippen LogP contribution in [0, 0.1) is 23.2 Å². The van der Waals surface area contributed by atoms with Crippen molar-refractivity contribution in [2.45, 2.75) is 37.8 Å². The Bertz CT molecular complexity index is 805. The number of benzene rings is 1. The minimum Gasteiger partial charge on any atom is -0.257 e. The fourth-order valence-corrected chi connectivity index (χ4v) is 5.44. The SMILES string of the molecule is N#Cc1cccc2cc(N3NO[C@@]4(CC5CCC4CC5)N3)sc12. The van der Waals surface area contributed by atoms with Crippen molar-refractivity contribution in [3.05, 3.63) is 29.8 Å². The first-order valence-electron chi connectivity index (χ1n) is 8.22. The van der Waals surface area contributed by atoms with E-state index in [1.807, 2.05) is 23.3 Å². The number of thiophene rings is 1. The molecule has 1 saturated heterocycles. The molecule has 0 unspecified atom stereocenters. The number of nitriles is 1. The Kier molecular flexibility index (Phi) is 2.94. The summed E-state index contributed by atoms with van der Waals surface area (Å²) in [5.41, 5.74) is 7.12. The second-order valence-corrected chi connectivity index (χ2v) is 7.90. The van der Waals surface area contributed by atoms with E-state index in [0.29, 0.717) is 5.92 Å². The molecular weight excluding hydrogens is 308 g/mol. The van der Waals surface area contributed by atoms with Gasteiger partial charge in [-0.1, -0.05) is 17.7 Å². The van der Waals surface area contributed by atoms with E-state index in [4.69, 9.17) is 4.84 Å². The van der Waals surface area contributed by atoms with E-state index < -0.39 is 0 Å². The molecule has 0 radical (unpaired) electrons. The Morgan fingerprint density at radius 3 is 2.91 bits per heavy atom. The van der Waals surface area contributed by atoms with Gasteiger partial charge >= 0.3 is 0 Å². The van der Waals surface area contributed by atoms with Gasteiger partial charge in [-0.15, -0.1) is 11.3 Å². The van der Waals surface area contributed by atoms with E-state index in [9.17, 15) is 5.26 Å². The smallest absolute Gasteiger partial charge is 0.163 e. The lowest BCUT2D eigenvalue weighted by Gasteiger charge is -2.47. The van der Waals surface area contributed by atoms with Crippen molar-refractivity contribution in [3.63, 3.8) is 0 Å². The van der Waals surface area contributed by atoms with Gasteiger partial charge in [-0.25, -0.2) is 5.12 Å². The molecule has 0 amide bonds. The van der Waals surface area contributed by atoms with Crippen LogP contribution in [0.2, 0.25) is 0 Å². The highest BCUT2D eigenvalue weighted by atomic mass is 32.1. The molecule has 2 aromatic rings. The van der Waals surface area contributed by atoms with Gasteiger partial charge in [0.1, 0.15) is 11.1 Å². The van der Waals surface area contributed by atoms with Crippen molar-refractivity contribution in [3.8, 4) is 6.07 Å². The van der Waals surface area contributed by atoms with Crippen LogP contribution in [-0.2, 0) is 4.84 Å². The molecule has 2 bridgehead atoms.